The molecule has 2 aromatic rings. The van der Waals surface area contributed by atoms with E-state index in [4.69, 9.17) is 30.5 Å². The zero-order valence-electron chi connectivity index (χ0n) is 18.5. The zero-order valence-corrected chi connectivity index (χ0v) is 19.2. The number of Topliss-reactive ketones (excluding diaryl/α,β-unsaturated/α-hetero) is 2. The van der Waals surface area contributed by atoms with Crippen molar-refractivity contribution >= 4 is 23.2 Å². The first-order valence-electron chi connectivity index (χ1n) is 10.7. The summed E-state index contributed by atoms with van der Waals surface area (Å²) in [5.74, 6) is -0.383. The highest BCUT2D eigenvalue weighted by Gasteiger charge is 2.63. The van der Waals surface area contributed by atoms with E-state index in [2.05, 4.69) is 5.10 Å². The molecule has 3 aliphatic rings. The number of carbonyl (C=O) groups excluding carboxylic acids is 2. The van der Waals surface area contributed by atoms with Gasteiger partial charge in [-0.15, -0.1) is 0 Å². The number of rotatable bonds is 3. The average molecular weight is 461 g/mol. The van der Waals surface area contributed by atoms with E-state index in [1.165, 1.54) is 14.2 Å². The van der Waals surface area contributed by atoms with Gasteiger partial charge in [0.2, 0.25) is 17.2 Å². The fourth-order valence-corrected chi connectivity index (χ4v) is 5.61. The van der Waals surface area contributed by atoms with Crippen LogP contribution in [0.25, 0.3) is 0 Å². The maximum Gasteiger partial charge on any atom is 0.237 e. The maximum atomic E-state index is 14.1. The van der Waals surface area contributed by atoms with Crippen LogP contribution >= 0.6 is 11.6 Å². The first-order valence-corrected chi connectivity index (χ1v) is 11.1. The van der Waals surface area contributed by atoms with Crippen molar-refractivity contribution in [2.24, 2.45) is 13.0 Å². The quantitative estimate of drug-likeness (QED) is 0.649. The topological polar surface area (TPSA) is 88.9 Å². The number of hydrogen-bond donors (Lipinski definition) is 0. The third-order valence-electron chi connectivity index (χ3n) is 6.95. The Balaban J connectivity index is 1.67. The second-order valence-corrected chi connectivity index (χ2v) is 9.00. The van der Waals surface area contributed by atoms with Crippen LogP contribution in [0.15, 0.2) is 6.07 Å². The smallest absolute Gasteiger partial charge is 0.237 e. The molecule has 0 unspecified atom stereocenters. The molecule has 5 rings (SSSR count). The van der Waals surface area contributed by atoms with Gasteiger partial charge >= 0.3 is 0 Å². The molecule has 1 aromatic carbocycles. The van der Waals surface area contributed by atoms with Crippen molar-refractivity contribution in [3.05, 3.63) is 33.6 Å². The molecule has 1 spiro atoms. The lowest BCUT2D eigenvalue weighted by molar-refractivity contribution is 0.0256. The van der Waals surface area contributed by atoms with Crippen molar-refractivity contribution in [1.82, 2.24) is 9.78 Å². The zero-order chi connectivity index (χ0) is 22.8. The molecule has 0 N–H and O–H groups in total. The van der Waals surface area contributed by atoms with Crippen molar-refractivity contribution in [2.45, 2.75) is 37.7 Å². The predicted octanol–water partition coefficient (Wildman–Crippen LogP) is 3.37. The normalized spacial score (nSPS) is 25.0. The third kappa shape index (κ3) is 2.69. The van der Waals surface area contributed by atoms with Gasteiger partial charge in [-0.25, -0.2) is 0 Å². The molecule has 0 bridgehead atoms. The number of methoxy groups -OCH3 is 2. The number of aryl methyl sites for hydroxylation is 1. The van der Waals surface area contributed by atoms with Crippen molar-refractivity contribution in [3.63, 3.8) is 0 Å². The number of halogens is 1. The molecule has 0 radical (unpaired) electrons. The van der Waals surface area contributed by atoms with Crippen LogP contribution in [0.4, 0.5) is 0 Å². The van der Waals surface area contributed by atoms with E-state index in [0.29, 0.717) is 36.6 Å². The number of aromatic nitrogens is 2. The standard InChI is InChI=1S/C23H25ClN2O6/c1-11-9-13-16(19(26(2)25-13)12-5-7-31-8-6-12)21(27)23(11)22(28)17-14(29-3)10-15(30-4)18(24)20(17)32-23/h10-12H,5-9H2,1-4H3/t11-,23+/m1/s1. The van der Waals surface area contributed by atoms with Crippen LogP contribution in [0, 0.1) is 5.92 Å². The number of nitrogens with zero attached hydrogens (tertiary/aromatic N) is 2. The molecular weight excluding hydrogens is 436 g/mol. The summed E-state index contributed by atoms with van der Waals surface area (Å²) < 4.78 is 24.3. The minimum absolute atomic E-state index is 0.132. The summed E-state index contributed by atoms with van der Waals surface area (Å²) in [5, 5.41) is 4.80. The Kier molecular flexibility index (Phi) is 4.98. The summed E-state index contributed by atoms with van der Waals surface area (Å²) in [6, 6.07) is 1.54. The number of fused-ring (bicyclic) bond motifs is 2. The molecule has 170 valence electrons. The van der Waals surface area contributed by atoms with Crippen molar-refractivity contribution in [1.29, 1.82) is 0 Å². The highest BCUT2D eigenvalue weighted by Crippen LogP contribution is 2.54. The van der Waals surface area contributed by atoms with Gasteiger partial charge in [-0.3, -0.25) is 14.3 Å². The Labute approximate surface area is 190 Å². The third-order valence-corrected chi connectivity index (χ3v) is 7.31. The largest absolute Gasteiger partial charge is 0.496 e. The summed E-state index contributed by atoms with van der Waals surface area (Å²) in [5.41, 5.74) is 0.531. The van der Waals surface area contributed by atoms with Crippen LogP contribution in [0.3, 0.4) is 0 Å². The van der Waals surface area contributed by atoms with Gasteiger partial charge in [0.05, 0.1) is 31.2 Å². The molecule has 3 heterocycles. The fraction of sp³-hybridized carbons (Fsp3) is 0.522. The second-order valence-electron chi connectivity index (χ2n) is 8.62. The summed E-state index contributed by atoms with van der Waals surface area (Å²) in [4.78, 5) is 28.0. The van der Waals surface area contributed by atoms with Crippen LogP contribution in [0.5, 0.6) is 17.2 Å². The molecule has 2 aliphatic heterocycles. The molecular formula is C23H25ClN2O6. The molecule has 9 heteroatoms. The Morgan fingerprint density at radius 3 is 2.44 bits per heavy atom. The SMILES string of the molecule is COc1cc(OC)c2c(c1Cl)O[C@]1(C2=O)C(=O)c2c(nn(C)c2C2CCOCC2)C[C@H]1C. The van der Waals surface area contributed by atoms with Gasteiger partial charge in [0.25, 0.3) is 0 Å². The lowest BCUT2D eigenvalue weighted by atomic mass is 9.70. The van der Waals surface area contributed by atoms with E-state index < -0.39 is 17.3 Å². The van der Waals surface area contributed by atoms with Crippen LogP contribution in [0.1, 0.15) is 57.8 Å². The predicted molar refractivity (Wildman–Crippen MR) is 115 cm³/mol. The molecule has 1 fully saturated rings. The molecule has 2 atom stereocenters. The Bertz CT molecular complexity index is 1140. The minimum atomic E-state index is -1.71. The molecule has 0 amide bonds. The summed E-state index contributed by atoms with van der Waals surface area (Å²) in [6.07, 6.45) is 2.04. The number of benzene rings is 1. The van der Waals surface area contributed by atoms with Gasteiger partial charge in [-0.05, 0) is 19.3 Å². The van der Waals surface area contributed by atoms with E-state index >= 15 is 0 Å². The van der Waals surface area contributed by atoms with Crippen LogP contribution in [-0.4, -0.2) is 54.4 Å². The fourth-order valence-electron chi connectivity index (χ4n) is 5.34. The molecule has 8 nitrogen and oxygen atoms in total. The second kappa shape index (κ2) is 7.49. The molecule has 1 aromatic heterocycles. The van der Waals surface area contributed by atoms with Gasteiger partial charge in [-0.2, -0.15) is 5.10 Å². The van der Waals surface area contributed by atoms with E-state index in [-0.39, 0.29) is 33.8 Å². The Morgan fingerprint density at radius 1 is 1.12 bits per heavy atom. The molecule has 1 aliphatic carbocycles. The molecule has 1 saturated heterocycles. The van der Waals surface area contributed by atoms with Crippen molar-refractivity contribution in [3.8, 4) is 17.2 Å². The van der Waals surface area contributed by atoms with Crippen LogP contribution in [-0.2, 0) is 18.2 Å². The van der Waals surface area contributed by atoms with Crippen LogP contribution in [0.2, 0.25) is 5.02 Å². The number of hydrogen-bond acceptors (Lipinski definition) is 7. The monoisotopic (exact) mass is 460 g/mol. The average Bonchev–Trinajstić information content (AvgIpc) is 3.29. The lowest BCUT2D eigenvalue weighted by Crippen LogP contribution is -2.56. The van der Waals surface area contributed by atoms with Gasteiger partial charge < -0.3 is 18.9 Å². The van der Waals surface area contributed by atoms with Crippen molar-refractivity contribution in [2.75, 3.05) is 27.4 Å². The first-order chi connectivity index (χ1) is 15.3. The van der Waals surface area contributed by atoms with Gasteiger partial charge in [0, 0.05) is 38.2 Å². The summed E-state index contributed by atoms with van der Waals surface area (Å²) in [7, 11) is 4.77. The maximum absolute atomic E-state index is 14.1. The number of ketones is 2. The van der Waals surface area contributed by atoms with E-state index in [1.54, 1.807) is 10.7 Å². The van der Waals surface area contributed by atoms with Crippen molar-refractivity contribution < 1.29 is 28.5 Å². The lowest BCUT2D eigenvalue weighted by Gasteiger charge is -2.35. The van der Waals surface area contributed by atoms with E-state index in [9.17, 15) is 9.59 Å². The van der Waals surface area contributed by atoms with Gasteiger partial charge in [0.15, 0.2) is 5.75 Å². The molecule has 32 heavy (non-hydrogen) atoms. The first kappa shape index (κ1) is 21.3. The highest BCUT2D eigenvalue weighted by atomic mass is 35.5. The van der Waals surface area contributed by atoms with Gasteiger partial charge in [0.1, 0.15) is 22.1 Å². The molecule has 0 saturated carbocycles. The number of ether oxygens (including phenoxy) is 4. The summed E-state index contributed by atoms with van der Waals surface area (Å²) in [6.45, 7) is 3.10. The minimum Gasteiger partial charge on any atom is -0.496 e. The Hall–Kier alpha value is -2.58. The van der Waals surface area contributed by atoms with Crippen LogP contribution < -0.4 is 14.2 Å². The highest BCUT2D eigenvalue weighted by molar-refractivity contribution is 6.36. The summed E-state index contributed by atoms with van der Waals surface area (Å²) >= 11 is 6.50. The number of carbonyl (C=O) groups is 2. The van der Waals surface area contributed by atoms with E-state index in [1.807, 2.05) is 14.0 Å². The van der Waals surface area contributed by atoms with Gasteiger partial charge in [-0.1, -0.05) is 18.5 Å². The Morgan fingerprint density at radius 2 is 1.78 bits per heavy atom. The van der Waals surface area contributed by atoms with E-state index in [0.717, 1.165) is 18.5 Å².